The minimum atomic E-state index is 0.353. The highest BCUT2D eigenvalue weighted by molar-refractivity contribution is 6.31. The number of anilines is 1. The number of hydrogen-bond acceptors (Lipinski definition) is 6. The summed E-state index contributed by atoms with van der Waals surface area (Å²) in [6.07, 6.45) is 6.50. The van der Waals surface area contributed by atoms with Crippen molar-refractivity contribution in [2.45, 2.75) is 44.2 Å². The van der Waals surface area contributed by atoms with Gasteiger partial charge in [-0.15, -0.1) is 0 Å². The van der Waals surface area contributed by atoms with Crippen molar-refractivity contribution < 1.29 is 0 Å². The zero-order valence-corrected chi connectivity index (χ0v) is 18.2. The van der Waals surface area contributed by atoms with Crippen LogP contribution in [0.25, 0.3) is 22.2 Å². The third-order valence-electron chi connectivity index (χ3n) is 6.37. The molecule has 1 aliphatic carbocycles. The number of aromatic amines is 1. The number of likely N-dealkylation sites (tertiary alicyclic amines) is 1. The Hall–Kier alpha value is -2.71. The molecule has 1 aromatic carbocycles. The molecule has 160 valence electrons. The highest BCUT2D eigenvalue weighted by atomic mass is 35.5. The lowest BCUT2D eigenvalue weighted by molar-refractivity contribution is 0.215. The monoisotopic (exact) mass is 436 g/mol. The topological polar surface area (TPSA) is 87.5 Å². The third kappa shape index (κ3) is 3.64. The van der Waals surface area contributed by atoms with E-state index in [9.17, 15) is 0 Å². The number of benzene rings is 1. The van der Waals surface area contributed by atoms with Crippen molar-refractivity contribution in [2.75, 3.05) is 25.5 Å². The second-order valence-corrected chi connectivity index (χ2v) is 9.20. The van der Waals surface area contributed by atoms with Gasteiger partial charge in [-0.1, -0.05) is 11.6 Å². The molecule has 2 fully saturated rings. The van der Waals surface area contributed by atoms with E-state index >= 15 is 0 Å². The van der Waals surface area contributed by atoms with Gasteiger partial charge in [-0.3, -0.25) is 0 Å². The largest absolute Gasteiger partial charge is 0.360 e. The first-order valence-electron chi connectivity index (χ1n) is 11.0. The Morgan fingerprint density at radius 1 is 1.16 bits per heavy atom. The van der Waals surface area contributed by atoms with E-state index in [2.05, 4.69) is 31.9 Å². The quantitative estimate of drug-likeness (QED) is 0.489. The van der Waals surface area contributed by atoms with Crippen LogP contribution < -0.4 is 5.32 Å². The minimum absolute atomic E-state index is 0.353. The Kier molecular flexibility index (Phi) is 4.57. The van der Waals surface area contributed by atoms with Crippen LogP contribution >= 0.6 is 11.6 Å². The number of imidazole rings is 1. The Morgan fingerprint density at radius 3 is 2.81 bits per heavy atom. The van der Waals surface area contributed by atoms with Crippen LogP contribution in [0.5, 0.6) is 0 Å². The average molecular weight is 437 g/mol. The van der Waals surface area contributed by atoms with Gasteiger partial charge >= 0.3 is 0 Å². The molecular formula is C22H25ClN8. The van der Waals surface area contributed by atoms with Gasteiger partial charge in [0, 0.05) is 17.1 Å². The summed E-state index contributed by atoms with van der Waals surface area (Å²) in [5.41, 5.74) is 4.67. The number of H-pyrrole nitrogens is 1. The fourth-order valence-electron chi connectivity index (χ4n) is 4.39. The lowest BCUT2D eigenvalue weighted by Gasteiger charge is -2.29. The molecule has 6 rings (SSSR count). The number of hydrogen-bond donors (Lipinski definition) is 2. The molecule has 0 atom stereocenters. The van der Waals surface area contributed by atoms with Crippen molar-refractivity contribution in [3.8, 4) is 0 Å². The predicted molar refractivity (Wildman–Crippen MR) is 121 cm³/mol. The van der Waals surface area contributed by atoms with E-state index in [1.807, 2.05) is 24.4 Å². The van der Waals surface area contributed by atoms with Gasteiger partial charge < -0.3 is 15.2 Å². The molecule has 1 aliphatic heterocycles. The zero-order chi connectivity index (χ0) is 20.9. The van der Waals surface area contributed by atoms with E-state index < -0.39 is 0 Å². The SMILES string of the molecule is CN1CCC(n2nc(NCc3nc4cc(Cl)ccc4[nH]3)c3ncc(C4CC4)nc32)CC1. The van der Waals surface area contributed by atoms with Gasteiger partial charge in [0.25, 0.3) is 0 Å². The number of halogens is 1. The summed E-state index contributed by atoms with van der Waals surface area (Å²) < 4.78 is 2.11. The van der Waals surface area contributed by atoms with Crippen molar-refractivity contribution in [3.63, 3.8) is 0 Å². The maximum absolute atomic E-state index is 6.09. The molecule has 0 amide bonds. The van der Waals surface area contributed by atoms with Crippen LogP contribution in [0.15, 0.2) is 24.4 Å². The number of aromatic nitrogens is 6. The molecule has 4 aromatic rings. The normalized spacial score (nSPS) is 18.3. The van der Waals surface area contributed by atoms with E-state index in [1.165, 1.54) is 12.8 Å². The highest BCUT2D eigenvalue weighted by Gasteiger charge is 2.28. The standard InChI is InChI=1S/C22H25ClN8/c1-30-8-6-15(7-9-30)31-22-20(24-11-18(28-22)13-2-3-13)21(29-31)25-12-19-26-16-5-4-14(23)10-17(16)27-19/h4-5,10-11,13,15H,2-3,6-9,12H2,1H3,(H,25,29)(H,26,27). The number of nitrogens with zero attached hydrogens (tertiary/aromatic N) is 6. The Balaban J connectivity index is 1.32. The van der Waals surface area contributed by atoms with Gasteiger partial charge in [0.05, 0.1) is 29.3 Å². The molecule has 0 bridgehead atoms. The molecular weight excluding hydrogens is 412 g/mol. The van der Waals surface area contributed by atoms with Crippen molar-refractivity contribution >= 4 is 39.6 Å². The Morgan fingerprint density at radius 2 is 2.00 bits per heavy atom. The number of rotatable bonds is 5. The van der Waals surface area contributed by atoms with E-state index in [-0.39, 0.29) is 0 Å². The minimum Gasteiger partial charge on any atom is -0.360 e. The summed E-state index contributed by atoms with van der Waals surface area (Å²) in [4.78, 5) is 20.1. The fraction of sp³-hybridized carbons (Fsp3) is 0.455. The first kappa shape index (κ1) is 19.0. The number of fused-ring (bicyclic) bond motifs is 2. The third-order valence-corrected chi connectivity index (χ3v) is 6.60. The van der Waals surface area contributed by atoms with Crippen molar-refractivity contribution in [3.05, 3.63) is 40.9 Å². The molecule has 3 aromatic heterocycles. The molecule has 8 nitrogen and oxygen atoms in total. The van der Waals surface area contributed by atoms with Gasteiger partial charge in [-0.25, -0.2) is 19.6 Å². The van der Waals surface area contributed by atoms with Crippen molar-refractivity contribution in [2.24, 2.45) is 0 Å². The molecule has 0 unspecified atom stereocenters. The summed E-state index contributed by atoms with van der Waals surface area (Å²) in [6, 6.07) is 6.03. The van der Waals surface area contributed by atoms with Crippen LogP contribution in [0, 0.1) is 0 Å². The van der Waals surface area contributed by atoms with E-state index in [0.29, 0.717) is 23.5 Å². The molecule has 2 N–H and O–H groups in total. The summed E-state index contributed by atoms with van der Waals surface area (Å²) in [7, 11) is 2.18. The van der Waals surface area contributed by atoms with Crippen LogP contribution in [0.2, 0.25) is 5.02 Å². The van der Waals surface area contributed by atoms with E-state index in [1.54, 1.807) is 0 Å². The average Bonchev–Trinajstić information content (AvgIpc) is 3.45. The van der Waals surface area contributed by atoms with Gasteiger partial charge in [-0.05, 0) is 64.0 Å². The maximum Gasteiger partial charge on any atom is 0.179 e. The summed E-state index contributed by atoms with van der Waals surface area (Å²) in [5.74, 6) is 2.17. The summed E-state index contributed by atoms with van der Waals surface area (Å²) in [5, 5.41) is 9.07. The highest BCUT2D eigenvalue weighted by Crippen LogP contribution is 2.39. The first-order chi connectivity index (χ1) is 15.1. The lowest BCUT2D eigenvalue weighted by atomic mass is 10.1. The predicted octanol–water partition coefficient (Wildman–Crippen LogP) is 4.11. The van der Waals surface area contributed by atoms with Gasteiger partial charge in [0.2, 0.25) is 0 Å². The molecule has 9 heteroatoms. The van der Waals surface area contributed by atoms with Gasteiger partial charge in [0.1, 0.15) is 5.82 Å². The van der Waals surface area contributed by atoms with E-state index in [0.717, 1.165) is 65.5 Å². The maximum atomic E-state index is 6.09. The summed E-state index contributed by atoms with van der Waals surface area (Å²) in [6.45, 7) is 2.68. The van der Waals surface area contributed by atoms with Crippen LogP contribution in [0.3, 0.4) is 0 Å². The van der Waals surface area contributed by atoms with Crippen LogP contribution in [-0.4, -0.2) is 54.8 Å². The lowest BCUT2D eigenvalue weighted by Crippen LogP contribution is -2.32. The molecule has 2 aliphatic rings. The Bertz CT molecular complexity index is 1250. The second-order valence-electron chi connectivity index (χ2n) is 8.77. The first-order valence-corrected chi connectivity index (χ1v) is 11.3. The van der Waals surface area contributed by atoms with Crippen molar-refractivity contribution in [1.29, 1.82) is 0 Å². The molecule has 31 heavy (non-hydrogen) atoms. The number of nitrogens with one attached hydrogen (secondary N) is 2. The molecule has 1 saturated carbocycles. The molecule has 1 saturated heterocycles. The Labute approximate surface area is 185 Å². The van der Waals surface area contributed by atoms with Gasteiger partial charge in [-0.2, -0.15) is 5.10 Å². The second kappa shape index (κ2) is 7.46. The molecule has 0 radical (unpaired) electrons. The summed E-state index contributed by atoms with van der Waals surface area (Å²) >= 11 is 6.09. The smallest absolute Gasteiger partial charge is 0.179 e. The van der Waals surface area contributed by atoms with Crippen LogP contribution in [0.1, 0.15) is 49.2 Å². The van der Waals surface area contributed by atoms with Gasteiger partial charge in [0.15, 0.2) is 17.0 Å². The van der Waals surface area contributed by atoms with Crippen molar-refractivity contribution in [1.82, 2.24) is 34.6 Å². The zero-order valence-electron chi connectivity index (χ0n) is 17.5. The fourth-order valence-corrected chi connectivity index (χ4v) is 4.56. The van der Waals surface area contributed by atoms with Crippen LogP contribution in [-0.2, 0) is 6.54 Å². The van der Waals surface area contributed by atoms with E-state index in [4.69, 9.17) is 26.7 Å². The molecule has 4 heterocycles. The molecule has 0 spiro atoms. The van der Waals surface area contributed by atoms with Crippen LogP contribution in [0.4, 0.5) is 5.82 Å². The number of piperidine rings is 1.